The second-order valence-corrected chi connectivity index (χ2v) is 12.7. The van der Waals surface area contributed by atoms with Crippen LogP contribution in [0.3, 0.4) is 0 Å². The van der Waals surface area contributed by atoms with Crippen LogP contribution in [0.5, 0.6) is 0 Å². The lowest BCUT2D eigenvalue weighted by Crippen LogP contribution is -2.57. The van der Waals surface area contributed by atoms with Gasteiger partial charge < -0.3 is 43.5 Å². The average molecular weight is 705 g/mol. The first-order chi connectivity index (χ1) is 24.7. The Morgan fingerprint density at radius 3 is 2.37 bits per heavy atom. The molecule has 0 aromatic heterocycles. The first-order valence-corrected chi connectivity index (χ1v) is 17.1. The minimum atomic E-state index is -1.24. The number of ether oxygens (including phenoxy) is 6. The third-order valence-electron chi connectivity index (χ3n) is 9.88. The summed E-state index contributed by atoms with van der Waals surface area (Å²) < 4.78 is 36.3. The van der Waals surface area contributed by atoms with Crippen LogP contribution in [-0.2, 0) is 35.0 Å². The lowest BCUT2D eigenvalue weighted by molar-refractivity contribution is -0.386. The van der Waals surface area contributed by atoms with E-state index in [4.69, 9.17) is 28.4 Å². The summed E-state index contributed by atoms with van der Waals surface area (Å²) in [5.74, 6) is -0.0847. The van der Waals surface area contributed by atoms with Gasteiger partial charge in [0.15, 0.2) is 12.6 Å². The number of methoxy groups -OCH3 is 1. The number of hydrogen-bond acceptors (Lipinski definition) is 11. The Morgan fingerprint density at radius 2 is 1.73 bits per heavy atom. The number of likely N-dealkylation sites (N-methyl/N-ethyl adjacent to an activating group) is 1. The van der Waals surface area contributed by atoms with Crippen LogP contribution < -0.4 is 0 Å². The lowest BCUT2D eigenvalue weighted by atomic mass is 9.95. The standard InChI is InChI=1S/C38H44N2O11/c1-4-39(38(43)49-21-30-28-14-8-6-12-26(28)27-13-7-9-15-29(27)30)32-22-47-34(19-33(32)46-3)51-36-35(42)25(17-18-41)23(2)50-37(36)48-20-24-11-5-10-16-31(24)40(44)45/h5-17,23,30,32-37,41-42H,4,18-22H2,1-3H3/b25-17+/t23-,32+,33+,34+,35+,36-,37-/m1/s1. The third-order valence-corrected chi connectivity index (χ3v) is 9.88. The van der Waals surface area contributed by atoms with Gasteiger partial charge in [-0.05, 0) is 47.7 Å². The number of aliphatic hydroxyl groups excluding tert-OH is 2. The predicted octanol–water partition coefficient (Wildman–Crippen LogP) is 4.92. The van der Waals surface area contributed by atoms with E-state index in [0.29, 0.717) is 17.7 Å². The van der Waals surface area contributed by atoms with E-state index in [1.54, 1.807) is 37.1 Å². The van der Waals surface area contributed by atoms with Crippen molar-refractivity contribution in [2.75, 3.05) is 33.5 Å². The smallest absolute Gasteiger partial charge is 0.410 e. The van der Waals surface area contributed by atoms with Gasteiger partial charge in [-0.1, -0.05) is 66.7 Å². The number of nitro benzene ring substituents is 1. The molecule has 0 bridgehead atoms. The summed E-state index contributed by atoms with van der Waals surface area (Å²) in [6.07, 6.45) is -4.38. The number of carbonyl (C=O) groups is 1. The molecule has 7 atom stereocenters. The van der Waals surface area contributed by atoms with Crippen molar-refractivity contribution in [1.82, 2.24) is 4.90 Å². The SMILES string of the molecule is CCN(C(=O)OCC1c2ccccc2-c2ccccc21)[C@H]1CO[C@@H](O[C@H]2[C@H](OCc3ccccc3[N+](=O)[O-])O[C@H](C)/C(=C\CO)[C@@H]2O)C[C@@H]1OC. The van der Waals surface area contributed by atoms with E-state index in [9.17, 15) is 25.1 Å². The summed E-state index contributed by atoms with van der Waals surface area (Å²) in [4.78, 5) is 26.3. The molecule has 6 rings (SSSR count). The van der Waals surface area contributed by atoms with E-state index in [1.807, 2.05) is 31.2 Å². The van der Waals surface area contributed by atoms with Gasteiger partial charge in [-0.25, -0.2) is 4.79 Å². The molecule has 2 fully saturated rings. The number of amides is 1. The number of aliphatic hydroxyl groups is 2. The minimum absolute atomic E-state index is 0.0579. The molecule has 3 aliphatic rings. The molecular formula is C38H44N2O11. The topological polar surface area (TPSA) is 159 Å². The molecule has 0 unspecified atom stereocenters. The largest absolute Gasteiger partial charge is 0.448 e. The van der Waals surface area contributed by atoms with E-state index in [1.165, 1.54) is 12.1 Å². The van der Waals surface area contributed by atoms with Crippen molar-refractivity contribution in [3.8, 4) is 11.1 Å². The third kappa shape index (κ3) is 7.70. The molecule has 0 spiro atoms. The highest BCUT2D eigenvalue weighted by molar-refractivity contribution is 5.79. The quantitative estimate of drug-likeness (QED) is 0.150. The van der Waals surface area contributed by atoms with Crippen LogP contribution in [0.15, 0.2) is 84.4 Å². The normalized spacial score (nSPS) is 26.8. The molecule has 13 heteroatoms. The molecule has 0 radical (unpaired) electrons. The summed E-state index contributed by atoms with van der Waals surface area (Å²) in [7, 11) is 1.55. The maximum atomic E-state index is 13.6. The maximum Gasteiger partial charge on any atom is 0.410 e. The molecule has 1 aliphatic carbocycles. The minimum Gasteiger partial charge on any atom is -0.448 e. The van der Waals surface area contributed by atoms with Crippen LogP contribution in [0, 0.1) is 10.1 Å². The van der Waals surface area contributed by atoms with Gasteiger partial charge in [0.2, 0.25) is 0 Å². The van der Waals surface area contributed by atoms with Crippen molar-refractivity contribution in [3.05, 3.63) is 111 Å². The number of carbonyl (C=O) groups excluding carboxylic acids is 1. The fourth-order valence-corrected chi connectivity index (χ4v) is 7.30. The van der Waals surface area contributed by atoms with Gasteiger partial charge in [0.1, 0.15) is 18.8 Å². The predicted molar refractivity (Wildman–Crippen MR) is 185 cm³/mol. The van der Waals surface area contributed by atoms with Crippen LogP contribution in [0.2, 0.25) is 0 Å². The molecule has 2 saturated heterocycles. The molecule has 1 amide bonds. The maximum absolute atomic E-state index is 13.6. The summed E-state index contributed by atoms with van der Waals surface area (Å²) in [6, 6.07) is 22.0. The van der Waals surface area contributed by atoms with Gasteiger partial charge >= 0.3 is 6.09 Å². The van der Waals surface area contributed by atoms with Gasteiger partial charge in [0, 0.05) is 32.1 Å². The van der Waals surface area contributed by atoms with Crippen LogP contribution >= 0.6 is 0 Å². The number of hydrogen-bond donors (Lipinski definition) is 2. The number of fused-ring (bicyclic) bond motifs is 3. The number of rotatable bonds is 12. The zero-order valence-corrected chi connectivity index (χ0v) is 28.8. The summed E-state index contributed by atoms with van der Waals surface area (Å²) in [5.41, 5.74) is 5.14. The highest BCUT2D eigenvalue weighted by Crippen LogP contribution is 2.44. The van der Waals surface area contributed by atoms with Gasteiger partial charge in [-0.15, -0.1) is 0 Å². The van der Waals surface area contributed by atoms with Crippen LogP contribution in [0.1, 0.15) is 42.9 Å². The molecular weight excluding hydrogens is 660 g/mol. The van der Waals surface area contributed by atoms with Crippen molar-refractivity contribution in [2.24, 2.45) is 0 Å². The fourth-order valence-electron chi connectivity index (χ4n) is 7.30. The Labute approximate surface area is 296 Å². The average Bonchev–Trinajstić information content (AvgIpc) is 3.47. The molecule has 272 valence electrons. The van der Waals surface area contributed by atoms with E-state index < -0.39 is 54.1 Å². The van der Waals surface area contributed by atoms with Crippen molar-refractivity contribution >= 4 is 11.8 Å². The van der Waals surface area contributed by atoms with Crippen molar-refractivity contribution < 1.29 is 48.4 Å². The Bertz CT molecular complexity index is 1670. The summed E-state index contributed by atoms with van der Waals surface area (Å²) in [6.45, 7) is 3.64. The Balaban J connectivity index is 1.12. The summed E-state index contributed by atoms with van der Waals surface area (Å²) >= 11 is 0. The van der Waals surface area contributed by atoms with Gasteiger partial charge in [-0.3, -0.25) is 10.1 Å². The lowest BCUT2D eigenvalue weighted by Gasteiger charge is -2.44. The molecule has 51 heavy (non-hydrogen) atoms. The molecule has 2 heterocycles. The van der Waals surface area contributed by atoms with E-state index in [0.717, 1.165) is 22.3 Å². The zero-order valence-electron chi connectivity index (χ0n) is 28.8. The van der Waals surface area contributed by atoms with Gasteiger partial charge in [-0.2, -0.15) is 0 Å². The second-order valence-electron chi connectivity index (χ2n) is 12.7. The zero-order chi connectivity index (χ0) is 36.1. The molecule has 2 aliphatic heterocycles. The fraction of sp³-hybridized carbons (Fsp3) is 0.447. The monoisotopic (exact) mass is 704 g/mol. The van der Waals surface area contributed by atoms with Crippen molar-refractivity contribution in [2.45, 2.75) is 75.8 Å². The number of para-hydroxylation sites is 1. The number of benzene rings is 3. The van der Waals surface area contributed by atoms with E-state index in [-0.39, 0.29) is 44.5 Å². The Kier molecular flexibility index (Phi) is 11.8. The molecule has 13 nitrogen and oxygen atoms in total. The van der Waals surface area contributed by atoms with Crippen molar-refractivity contribution in [1.29, 1.82) is 0 Å². The second kappa shape index (κ2) is 16.4. The first-order valence-electron chi connectivity index (χ1n) is 17.1. The summed E-state index contributed by atoms with van der Waals surface area (Å²) in [5, 5.41) is 32.6. The van der Waals surface area contributed by atoms with Gasteiger partial charge in [0.05, 0.1) is 48.6 Å². The molecule has 2 N–H and O–H groups in total. The van der Waals surface area contributed by atoms with Crippen molar-refractivity contribution in [3.63, 3.8) is 0 Å². The van der Waals surface area contributed by atoms with E-state index >= 15 is 0 Å². The number of nitro groups is 1. The number of nitrogens with zero attached hydrogens (tertiary/aromatic N) is 2. The highest BCUT2D eigenvalue weighted by Gasteiger charge is 2.45. The molecule has 0 saturated carbocycles. The Hall–Kier alpha value is -4.21. The molecule has 3 aromatic rings. The first kappa shape index (κ1) is 36.6. The Morgan fingerprint density at radius 1 is 1.06 bits per heavy atom. The van der Waals surface area contributed by atoms with Crippen LogP contribution in [0.25, 0.3) is 11.1 Å². The van der Waals surface area contributed by atoms with Crippen LogP contribution in [-0.4, -0.2) is 103 Å². The van der Waals surface area contributed by atoms with E-state index in [2.05, 4.69) is 24.3 Å². The van der Waals surface area contributed by atoms with Crippen LogP contribution in [0.4, 0.5) is 10.5 Å². The van der Waals surface area contributed by atoms with Gasteiger partial charge in [0.25, 0.3) is 5.69 Å². The highest BCUT2D eigenvalue weighted by atomic mass is 16.7. The molecule has 3 aromatic carbocycles.